The van der Waals surface area contributed by atoms with Gasteiger partial charge in [-0.15, -0.1) is 5.10 Å². The second-order valence-electron chi connectivity index (χ2n) is 4.45. The number of nitrogens with one attached hydrogen (secondary N) is 2. The van der Waals surface area contributed by atoms with Gasteiger partial charge in [-0.1, -0.05) is 5.21 Å². The Bertz CT molecular complexity index is 351. The second kappa shape index (κ2) is 5.77. The van der Waals surface area contributed by atoms with Crippen molar-refractivity contribution in [1.29, 1.82) is 0 Å². The van der Waals surface area contributed by atoms with Gasteiger partial charge >= 0.3 is 0 Å². The molecule has 1 aliphatic rings. The number of hydrogen-bond acceptors (Lipinski definition) is 4. The minimum absolute atomic E-state index is 0.126. The van der Waals surface area contributed by atoms with Gasteiger partial charge in [0, 0.05) is 25.3 Å². The van der Waals surface area contributed by atoms with Gasteiger partial charge in [0.2, 0.25) is 5.91 Å². The Morgan fingerprint density at radius 2 is 2.53 bits per heavy atom. The van der Waals surface area contributed by atoms with Crippen LogP contribution in [-0.2, 0) is 11.3 Å². The fourth-order valence-corrected chi connectivity index (χ4v) is 2.15. The molecule has 2 unspecified atom stereocenters. The summed E-state index contributed by atoms with van der Waals surface area (Å²) in [6, 6.07) is 0.297. The Labute approximate surface area is 101 Å². The summed E-state index contributed by atoms with van der Waals surface area (Å²) in [5.74, 6) is 0.294. The van der Waals surface area contributed by atoms with Crippen molar-refractivity contribution in [2.75, 3.05) is 13.1 Å². The summed E-state index contributed by atoms with van der Waals surface area (Å²) in [6.07, 6.45) is 5.30. The third-order valence-corrected chi connectivity index (χ3v) is 3.20. The average molecular weight is 237 g/mol. The van der Waals surface area contributed by atoms with E-state index in [1.54, 1.807) is 10.9 Å². The van der Waals surface area contributed by atoms with Crippen LogP contribution in [0.1, 0.15) is 19.8 Å². The van der Waals surface area contributed by atoms with E-state index in [1.807, 2.05) is 6.20 Å². The monoisotopic (exact) mass is 237 g/mol. The molecule has 2 N–H and O–H groups in total. The lowest BCUT2D eigenvalue weighted by atomic mass is 10.0. The highest BCUT2D eigenvalue weighted by Crippen LogP contribution is 2.14. The van der Waals surface area contributed by atoms with Crippen molar-refractivity contribution in [2.45, 2.75) is 32.4 Å². The van der Waals surface area contributed by atoms with Crippen LogP contribution in [0.5, 0.6) is 0 Å². The van der Waals surface area contributed by atoms with Crippen molar-refractivity contribution >= 4 is 5.91 Å². The van der Waals surface area contributed by atoms with Crippen LogP contribution in [0.25, 0.3) is 0 Å². The molecule has 1 aromatic heterocycles. The molecule has 6 nitrogen and oxygen atoms in total. The van der Waals surface area contributed by atoms with Crippen molar-refractivity contribution in [2.24, 2.45) is 5.92 Å². The number of carbonyl (C=O) groups is 1. The summed E-state index contributed by atoms with van der Waals surface area (Å²) >= 11 is 0. The van der Waals surface area contributed by atoms with Crippen LogP contribution >= 0.6 is 0 Å². The van der Waals surface area contributed by atoms with E-state index in [0.717, 1.165) is 25.9 Å². The van der Waals surface area contributed by atoms with E-state index >= 15 is 0 Å². The predicted octanol–water partition coefficient (Wildman–Crippen LogP) is -0.218. The summed E-state index contributed by atoms with van der Waals surface area (Å²) in [6.45, 7) is 4.49. The molecule has 0 bridgehead atoms. The van der Waals surface area contributed by atoms with Crippen molar-refractivity contribution in [3.05, 3.63) is 12.4 Å². The SMILES string of the molecule is CC1NCCC1C(=O)NCCCn1ccnn1. The van der Waals surface area contributed by atoms with E-state index in [0.29, 0.717) is 12.6 Å². The molecule has 1 aliphatic heterocycles. The lowest BCUT2D eigenvalue weighted by Gasteiger charge is -2.14. The first kappa shape index (κ1) is 12.0. The molecule has 0 spiro atoms. The van der Waals surface area contributed by atoms with Gasteiger partial charge in [-0.2, -0.15) is 0 Å². The maximum atomic E-state index is 11.8. The third kappa shape index (κ3) is 3.26. The number of aromatic nitrogens is 3. The van der Waals surface area contributed by atoms with E-state index in [-0.39, 0.29) is 11.8 Å². The van der Waals surface area contributed by atoms with Crippen molar-refractivity contribution < 1.29 is 4.79 Å². The molecule has 1 saturated heterocycles. The van der Waals surface area contributed by atoms with Crippen LogP contribution in [0, 0.1) is 5.92 Å². The molecule has 1 aromatic rings. The first-order chi connectivity index (χ1) is 8.27. The highest BCUT2D eigenvalue weighted by molar-refractivity contribution is 5.79. The summed E-state index contributed by atoms with van der Waals surface area (Å²) < 4.78 is 1.77. The Balaban J connectivity index is 1.63. The Morgan fingerprint density at radius 3 is 3.18 bits per heavy atom. The zero-order chi connectivity index (χ0) is 12.1. The van der Waals surface area contributed by atoms with Crippen molar-refractivity contribution in [3.8, 4) is 0 Å². The number of rotatable bonds is 5. The van der Waals surface area contributed by atoms with E-state index in [1.165, 1.54) is 0 Å². The van der Waals surface area contributed by atoms with Gasteiger partial charge in [0.1, 0.15) is 0 Å². The standard InChI is InChI=1S/C11H19N5O/c1-9-10(3-5-12-9)11(17)13-4-2-7-16-8-6-14-15-16/h6,8-10,12H,2-5,7H2,1H3,(H,13,17). The Kier molecular flexibility index (Phi) is 4.08. The minimum atomic E-state index is 0.126. The zero-order valence-corrected chi connectivity index (χ0v) is 10.1. The molecule has 2 heterocycles. The lowest BCUT2D eigenvalue weighted by molar-refractivity contribution is -0.125. The molecule has 1 amide bonds. The second-order valence-corrected chi connectivity index (χ2v) is 4.45. The summed E-state index contributed by atoms with van der Waals surface area (Å²) in [5.41, 5.74) is 0. The summed E-state index contributed by atoms with van der Waals surface area (Å²) in [7, 11) is 0. The minimum Gasteiger partial charge on any atom is -0.356 e. The molecule has 0 radical (unpaired) electrons. The molecule has 2 rings (SSSR count). The molecule has 6 heteroatoms. The van der Waals surface area contributed by atoms with Gasteiger partial charge in [-0.25, -0.2) is 0 Å². The van der Waals surface area contributed by atoms with Crippen molar-refractivity contribution in [1.82, 2.24) is 25.6 Å². The molecule has 0 aliphatic carbocycles. The Morgan fingerprint density at radius 1 is 1.65 bits per heavy atom. The molecule has 0 aromatic carbocycles. The van der Waals surface area contributed by atoms with E-state index in [9.17, 15) is 4.79 Å². The molecule has 1 fully saturated rings. The maximum absolute atomic E-state index is 11.8. The molecular formula is C11H19N5O. The van der Waals surface area contributed by atoms with Crippen LogP contribution in [0.2, 0.25) is 0 Å². The average Bonchev–Trinajstić information content (AvgIpc) is 2.95. The fraction of sp³-hybridized carbons (Fsp3) is 0.727. The predicted molar refractivity (Wildman–Crippen MR) is 63.2 cm³/mol. The number of amides is 1. The first-order valence-corrected chi connectivity index (χ1v) is 6.12. The van der Waals surface area contributed by atoms with E-state index < -0.39 is 0 Å². The number of aryl methyl sites for hydroxylation is 1. The Hall–Kier alpha value is -1.43. The fourth-order valence-electron chi connectivity index (χ4n) is 2.15. The van der Waals surface area contributed by atoms with Crippen LogP contribution in [0.4, 0.5) is 0 Å². The summed E-state index contributed by atoms with van der Waals surface area (Å²) in [5, 5.41) is 13.8. The smallest absolute Gasteiger partial charge is 0.224 e. The molecule has 94 valence electrons. The highest BCUT2D eigenvalue weighted by atomic mass is 16.1. The maximum Gasteiger partial charge on any atom is 0.224 e. The molecule has 0 saturated carbocycles. The molecular weight excluding hydrogens is 218 g/mol. The molecule has 2 atom stereocenters. The number of carbonyl (C=O) groups excluding carboxylic acids is 1. The van der Waals surface area contributed by atoms with E-state index in [4.69, 9.17) is 0 Å². The van der Waals surface area contributed by atoms with Crippen LogP contribution in [0.15, 0.2) is 12.4 Å². The third-order valence-electron chi connectivity index (χ3n) is 3.20. The normalized spacial score (nSPS) is 23.8. The number of nitrogens with zero attached hydrogens (tertiary/aromatic N) is 3. The van der Waals surface area contributed by atoms with E-state index in [2.05, 4.69) is 27.9 Å². The van der Waals surface area contributed by atoms with Gasteiger partial charge in [0.05, 0.1) is 12.1 Å². The van der Waals surface area contributed by atoms with Gasteiger partial charge in [-0.05, 0) is 26.3 Å². The van der Waals surface area contributed by atoms with Crippen LogP contribution in [-0.4, -0.2) is 40.0 Å². The largest absolute Gasteiger partial charge is 0.356 e. The quantitative estimate of drug-likeness (QED) is 0.695. The number of hydrogen-bond donors (Lipinski definition) is 2. The lowest BCUT2D eigenvalue weighted by Crippen LogP contribution is -2.37. The topological polar surface area (TPSA) is 71.8 Å². The highest BCUT2D eigenvalue weighted by Gasteiger charge is 2.28. The van der Waals surface area contributed by atoms with Gasteiger partial charge < -0.3 is 10.6 Å². The molecule has 17 heavy (non-hydrogen) atoms. The summed E-state index contributed by atoms with van der Waals surface area (Å²) in [4.78, 5) is 11.8. The zero-order valence-electron chi connectivity index (χ0n) is 10.1. The van der Waals surface area contributed by atoms with Gasteiger partial charge in [0.15, 0.2) is 0 Å². The van der Waals surface area contributed by atoms with Crippen LogP contribution in [0.3, 0.4) is 0 Å². The first-order valence-electron chi connectivity index (χ1n) is 6.12. The van der Waals surface area contributed by atoms with Gasteiger partial charge in [0.25, 0.3) is 0 Å². The van der Waals surface area contributed by atoms with Crippen LogP contribution < -0.4 is 10.6 Å². The van der Waals surface area contributed by atoms with Crippen molar-refractivity contribution in [3.63, 3.8) is 0 Å². The van der Waals surface area contributed by atoms with Gasteiger partial charge in [-0.3, -0.25) is 9.48 Å².